The summed E-state index contributed by atoms with van der Waals surface area (Å²) in [6.45, 7) is 4.21. The summed E-state index contributed by atoms with van der Waals surface area (Å²) in [5.41, 5.74) is 4.71. The van der Waals surface area contributed by atoms with Gasteiger partial charge in [0, 0.05) is 5.92 Å². The molecule has 2 aromatic rings. The number of amides is 1. The molecule has 5 heteroatoms. The van der Waals surface area contributed by atoms with Crippen LogP contribution in [0.5, 0.6) is 0 Å². The Kier molecular flexibility index (Phi) is 8.25. The van der Waals surface area contributed by atoms with Crippen molar-refractivity contribution in [1.82, 2.24) is 5.32 Å². The number of benzene rings is 2. The molecule has 0 saturated heterocycles. The number of alkyl carbamates (subject to hydrolysis) is 1. The molecule has 2 atom stereocenters. The highest BCUT2D eigenvalue weighted by Crippen LogP contribution is 2.44. The van der Waals surface area contributed by atoms with Gasteiger partial charge in [0.15, 0.2) is 0 Å². The molecule has 5 nitrogen and oxygen atoms in total. The highest BCUT2D eigenvalue weighted by atomic mass is 16.6. The van der Waals surface area contributed by atoms with Crippen LogP contribution in [0.2, 0.25) is 0 Å². The van der Waals surface area contributed by atoms with Gasteiger partial charge in [-0.3, -0.25) is 0 Å². The van der Waals surface area contributed by atoms with Crippen LogP contribution in [0, 0.1) is 5.92 Å². The fraction of sp³-hybridized carbons (Fsp3) is 0.517. The topological polar surface area (TPSA) is 64.6 Å². The molecule has 34 heavy (non-hydrogen) atoms. The number of fused-ring (bicyclic) bond motifs is 3. The second-order valence-electron chi connectivity index (χ2n) is 9.74. The zero-order valence-corrected chi connectivity index (χ0v) is 20.4. The maximum absolute atomic E-state index is 13.0. The van der Waals surface area contributed by atoms with E-state index in [1.54, 1.807) is 0 Å². The lowest BCUT2D eigenvalue weighted by molar-refractivity contribution is -0.154. The van der Waals surface area contributed by atoms with Crippen molar-refractivity contribution in [1.29, 1.82) is 0 Å². The first kappa shape index (κ1) is 24.3. The van der Waals surface area contributed by atoms with Gasteiger partial charge in [-0.1, -0.05) is 88.1 Å². The van der Waals surface area contributed by atoms with Crippen molar-refractivity contribution in [2.75, 3.05) is 6.61 Å². The van der Waals surface area contributed by atoms with Gasteiger partial charge in [0.1, 0.15) is 18.8 Å². The number of nitrogens with one attached hydrogen (secondary N) is 1. The number of carbonyl (C=O) groups excluding carboxylic acids is 2. The zero-order valence-electron chi connectivity index (χ0n) is 20.4. The summed E-state index contributed by atoms with van der Waals surface area (Å²) in [5, 5.41) is 2.82. The normalized spacial score (nSPS) is 18.1. The molecule has 0 aliphatic heterocycles. The van der Waals surface area contributed by atoms with Crippen LogP contribution in [0.25, 0.3) is 11.1 Å². The van der Waals surface area contributed by atoms with Crippen molar-refractivity contribution < 1.29 is 19.1 Å². The summed E-state index contributed by atoms with van der Waals surface area (Å²) < 4.78 is 11.6. The summed E-state index contributed by atoms with van der Waals surface area (Å²) in [4.78, 5) is 25.9. The lowest BCUT2D eigenvalue weighted by atomic mass is 9.97. The molecule has 0 radical (unpaired) electrons. The van der Waals surface area contributed by atoms with Crippen LogP contribution in [0.4, 0.5) is 4.79 Å². The second kappa shape index (κ2) is 11.5. The molecular formula is C29H37NO4. The molecule has 0 spiro atoms. The number of rotatable bonds is 7. The molecule has 182 valence electrons. The van der Waals surface area contributed by atoms with E-state index in [2.05, 4.69) is 29.6 Å². The van der Waals surface area contributed by atoms with Crippen molar-refractivity contribution in [2.45, 2.75) is 83.3 Å². The van der Waals surface area contributed by atoms with E-state index in [4.69, 9.17) is 9.47 Å². The van der Waals surface area contributed by atoms with E-state index in [1.165, 1.54) is 41.5 Å². The number of ether oxygens (including phenoxy) is 2. The Hall–Kier alpha value is -2.82. The highest BCUT2D eigenvalue weighted by Gasteiger charge is 2.32. The Morgan fingerprint density at radius 1 is 0.912 bits per heavy atom. The minimum atomic E-state index is -0.703. The fourth-order valence-corrected chi connectivity index (χ4v) is 5.21. The van der Waals surface area contributed by atoms with Crippen molar-refractivity contribution in [3.8, 4) is 11.1 Å². The van der Waals surface area contributed by atoms with Crippen molar-refractivity contribution in [3.63, 3.8) is 0 Å². The lowest BCUT2D eigenvalue weighted by Gasteiger charge is -2.26. The van der Waals surface area contributed by atoms with Gasteiger partial charge in [0.25, 0.3) is 0 Å². The highest BCUT2D eigenvalue weighted by molar-refractivity contribution is 5.82. The number of esters is 1. The molecule has 1 fully saturated rings. The van der Waals surface area contributed by atoms with E-state index in [1.807, 2.05) is 38.1 Å². The second-order valence-corrected chi connectivity index (χ2v) is 9.74. The van der Waals surface area contributed by atoms with E-state index in [0.717, 1.165) is 32.1 Å². The van der Waals surface area contributed by atoms with E-state index in [0.29, 0.717) is 0 Å². The lowest BCUT2D eigenvalue weighted by Crippen LogP contribution is -2.47. The Morgan fingerprint density at radius 2 is 1.47 bits per heavy atom. The fourth-order valence-electron chi connectivity index (χ4n) is 5.21. The summed E-state index contributed by atoms with van der Waals surface area (Å²) in [6.07, 6.45) is 7.78. The molecule has 0 bridgehead atoms. The summed E-state index contributed by atoms with van der Waals surface area (Å²) >= 11 is 0. The Labute approximate surface area is 203 Å². The van der Waals surface area contributed by atoms with Gasteiger partial charge in [-0.05, 0) is 53.9 Å². The number of carbonyl (C=O) groups is 2. The molecule has 1 saturated carbocycles. The Bertz CT molecular complexity index is 934. The van der Waals surface area contributed by atoms with Gasteiger partial charge in [-0.25, -0.2) is 9.59 Å². The first-order valence-corrected chi connectivity index (χ1v) is 12.9. The van der Waals surface area contributed by atoms with Gasteiger partial charge >= 0.3 is 12.1 Å². The molecule has 4 rings (SSSR count). The maximum Gasteiger partial charge on any atom is 0.407 e. The Balaban J connectivity index is 1.38. The van der Waals surface area contributed by atoms with Crippen LogP contribution < -0.4 is 5.32 Å². The summed E-state index contributed by atoms with van der Waals surface area (Å²) in [5.74, 6) is -0.392. The third-order valence-electron chi connectivity index (χ3n) is 7.42. The average molecular weight is 464 g/mol. The smallest absolute Gasteiger partial charge is 0.407 e. The minimum absolute atomic E-state index is 0.0120. The van der Waals surface area contributed by atoms with Gasteiger partial charge in [0.2, 0.25) is 0 Å². The van der Waals surface area contributed by atoms with E-state index in [-0.39, 0.29) is 30.5 Å². The molecule has 0 heterocycles. The molecule has 0 aromatic heterocycles. The van der Waals surface area contributed by atoms with Crippen molar-refractivity contribution in [3.05, 3.63) is 59.7 Å². The minimum Gasteiger partial charge on any atom is -0.461 e. The molecule has 1 N–H and O–H groups in total. The first-order chi connectivity index (χ1) is 16.6. The van der Waals surface area contributed by atoms with Crippen molar-refractivity contribution in [2.24, 2.45) is 5.92 Å². The standard InChI is InChI=1S/C29H37NO4/c1-3-20(2)27(28(31)34-21-13-7-5-4-6-8-14-21)30-29(32)33-19-26-24-17-11-9-15-22(24)23-16-10-12-18-25(23)26/h9-12,15-18,20-21,26-27H,3-8,13-14,19H2,1-2H3,(H,30,32)/t20-,27-/m0/s1. The predicted octanol–water partition coefficient (Wildman–Crippen LogP) is 6.60. The van der Waals surface area contributed by atoms with Crippen molar-refractivity contribution >= 4 is 12.1 Å². The molecule has 1 amide bonds. The number of hydrogen-bond acceptors (Lipinski definition) is 4. The third-order valence-corrected chi connectivity index (χ3v) is 7.42. The van der Waals surface area contributed by atoms with E-state index >= 15 is 0 Å². The molecular weight excluding hydrogens is 426 g/mol. The average Bonchev–Trinajstić information content (AvgIpc) is 3.16. The van der Waals surface area contributed by atoms with E-state index < -0.39 is 12.1 Å². The summed E-state index contributed by atoms with van der Waals surface area (Å²) in [6, 6.07) is 15.8. The molecule has 2 aromatic carbocycles. The summed E-state index contributed by atoms with van der Waals surface area (Å²) in [7, 11) is 0. The SMILES string of the molecule is CC[C@H](C)[C@H](NC(=O)OCC1c2ccccc2-c2ccccc21)C(=O)OC1CCCCCCC1. The van der Waals surface area contributed by atoms with Crippen LogP contribution in [-0.4, -0.2) is 30.8 Å². The van der Waals surface area contributed by atoms with Gasteiger partial charge in [-0.2, -0.15) is 0 Å². The first-order valence-electron chi connectivity index (χ1n) is 12.9. The van der Waals surface area contributed by atoms with Gasteiger partial charge in [-0.15, -0.1) is 0 Å². The van der Waals surface area contributed by atoms with Crippen LogP contribution in [0.1, 0.15) is 82.3 Å². The van der Waals surface area contributed by atoms with Crippen LogP contribution in [-0.2, 0) is 14.3 Å². The molecule has 2 aliphatic rings. The van der Waals surface area contributed by atoms with E-state index in [9.17, 15) is 9.59 Å². The molecule has 0 unspecified atom stereocenters. The Morgan fingerprint density at radius 3 is 2.06 bits per heavy atom. The maximum atomic E-state index is 13.0. The van der Waals surface area contributed by atoms with Gasteiger partial charge in [0.05, 0.1) is 0 Å². The quantitative estimate of drug-likeness (QED) is 0.470. The van der Waals surface area contributed by atoms with Gasteiger partial charge < -0.3 is 14.8 Å². The zero-order chi connectivity index (χ0) is 23.9. The predicted molar refractivity (Wildman–Crippen MR) is 134 cm³/mol. The monoisotopic (exact) mass is 463 g/mol. The van der Waals surface area contributed by atoms with Crippen LogP contribution >= 0.6 is 0 Å². The molecule has 2 aliphatic carbocycles. The number of hydrogen-bond donors (Lipinski definition) is 1. The third kappa shape index (κ3) is 5.63. The van der Waals surface area contributed by atoms with Crippen LogP contribution in [0.15, 0.2) is 48.5 Å². The largest absolute Gasteiger partial charge is 0.461 e. The van der Waals surface area contributed by atoms with Crippen LogP contribution in [0.3, 0.4) is 0 Å².